The summed E-state index contributed by atoms with van der Waals surface area (Å²) in [6.45, 7) is 3.14. The van der Waals surface area contributed by atoms with E-state index in [1.54, 1.807) is 0 Å². The molecule has 1 aromatic carbocycles. The Bertz CT molecular complexity index is 890. The lowest BCUT2D eigenvalue weighted by Gasteiger charge is -2.31. The van der Waals surface area contributed by atoms with E-state index in [2.05, 4.69) is 0 Å². The van der Waals surface area contributed by atoms with Crippen LogP contribution in [0.2, 0.25) is 0 Å². The fourth-order valence-electron chi connectivity index (χ4n) is 3.10. The summed E-state index contributed by atoms with van der Waals surface area (Å²) in [5.41, 5.74) is 1.04. The van der Waals surface area contributed by atoms with Gasteiger partial charge in [0.15, 0.2) is 0 Å². The van der Waals surface area contributed by atoms with Gasteiger partial charge in [-0.25, -0.2) is 13.2 Å². The molecule has 2 aromatic rings. The molecule has 1 aliphatic rings. The van der Waals surface area contributed by atoms with Crippen LogP contribution in [0.15, 0.2) is 40.6 Å². The largest absolute Gasteiger partial charge is 0.493 e. The molecule has 140 valence electrons. The fraction of sp³-hybridized carbons (Fsp3) is 0.389. The van der Waals surface area contributed by atoms with Crippen molar-refractivity contribution in [1.82, 2.24) is 4.31 Å². The minimum Gasteiger partial charge on any atom is -0.493 e. The molecule has 1 unspecified atom stereocenters. The number of carbonyl (C=O) groups is 1. The highest BCUT2D eigenvalue weighted by molar-refractivity contribution is 7.89. The number of aromatic carboxylic acids is 1. The van der Waals surface area contributed by atoms with E-state index in [4.69, 9.17) is 4.74 Å². The first kappa shape index (κ1) is 18.9. The summed E-state index contributed by atoms with van der Waals surface area (Å²) < 4.78 is 33.0. The lowest BCUT2D eigenvalue weighted by Crippen LogP contribution is -2.41. The fourth-order valence-corrected chi connectivity index (χ4v) is 5.89. The smallest absolute Gasteiger partial charge is 0.347 e. The average molecular weight is 396 g/mol. The van der Waals surface area contributed by atoms with E-state index < -0.39 is 16.0 Å². The summed E-state index contributed by atoms with van der Waals surface area (Å²) in [5.74, 6) is -0.335. The molecule has 26 heavy (non-hydrogen) atoms. The minimum atomic E-state index is -3.81. The number of thiophene rings is 1. The highest BCUT2D eigenvalue weighted by atomic mass is 32.2. The maximum Gasteiger partial charge on any atom is 0.347 e. The molecule has 0 saturated carbocycles. The number of rotatable bonds is 6. The van der Waals surface area contributed by atoms with Gasteiger partial charge in [-0.1, -0.05) is 18.2 Å². The van der Waals surface area contributed by atoms with E-state index in [9.17, 15) is 18.3 Å². The zero-order valence-electron chi connectivity index (χ0n) is 14.4. The molecule has 0 bridgehead atoms. The topological polar surface area (TPSA) is 83.9 Å². The van der Waals surface area contributed by atoms with Crippen molar-refractivity contribution in [2.24, 2.45) is 5.92 Å². The number of sulfonamides is 1. The summed E-state index contributed by atoms with van der Waals surface area (Å²) in [7, 11) is -3.81. The van der Waals surface area contributed by atoms with Crippen LogP contribution in [0.25, 0.3) is 0 Å². The van der Waals surface area contributed by atoms with Crippen molar-refractivity contribution in [1.29, 1.82) is 0 Å². The number of hydrogen-bond donors (Lipinski definition) is 1. The maximum absolute atomic E-state index is 12.9. The van der Waals surface area contributed by atoms with Gasteiger partial charge < -0.3 is 9.84 Å². The van der Waals surface area contributed by atoms with Crippen LogP contribution in [0, 0.1) is 12.8 Å². The van der Waals surface area contributed by atoms with Gasteiger partial charge in [0, 0.05) is 19.0 Å². The van der Waals surface area contributed by atoms with Crippen molar-refractivity contribution < 1.29 is 23.1 Å². The molecular formula is C18H21NO5S2. The Balaban J connectivity index is 1.70. The zero-order chi connectivity index (χ0) is 18.7. The first-order chi connectivity index (χ1) is 12.4. The molecular weight excluding hydrogens is 374 g/mol. The second kappa shape index (κ2) is 7.77. The van der Waals surface area contributed by atoms with Crippen molar-refractivity contribution in [3.63, 3.8) is 0 Å². The summed E-state index contributed by atoms with van der Waals surface area (Å²) in [4.78, 5) is 11.0. The van der Waals surface area contributed by atoms with Crippen LogP contribution >= 0.6 is 11.3 Å². The monoisotopic (exact) mass is 395 g/mol. The third-order valence-corrected chi connectivity index (χ3v) is 7.43. The molecule has 0 aliphatic carbocycles. The third-order valence-electron chi connectivity index (χ3n) is 4.49. The Morgan fingerprint density at radius 3 is 2.85 bits per heavy atom. The SMILES string of the molecule is Cc1ccccc1OCC1CCCN(S(=O)(=O)c2ccsc2C(=O)O)C1. The van der Waals surface area contributed by atoms with E-state index in [1.165, 1.54) is 15.8 Å². The number of carboxylic acid groups (broad SMARTS) is 1. The van der Waals surface area contributed by atoms with E-state index in [0.29, 0.717) is 19.7 Å². The highest BCUT2D eigenvalue weighted by Crippen LogP contribution is 2.29. The number of hydrogen-bond acceptors (Lipinski definition) is 5. The Hall–Kier alpha value is -1.90. The van der Waals surface area contributed by atoms with E-state index in [0.717, 1.165) is 35.5 Å². The van der Waals surface area contributed by atoms with Gasteiger partial charge in [0.25, 0.3) is 0 Å². The molecule has 3 rings (SSSR count). The van der Waals surface area contributed by atoms with Crippen molar-refractivity contribution in [2.75, 3.05) is 19.7 Å². The summed E-state index contributed by atoms with van der Waals surface area (Å²) in [5, 5.41) is 10.7. The molecule has 1 fully saturated rings. The van der Waals surface area contributed by atoms with Gasteiger partial charge in [-0.3, -0.25) is 0 Å². The van der Waals surface area contributed by atoms with Crippen molar-refractivity contribution in [3.8, 4) is 5.75 Å². The first-order valence-corrected chi connectivity index (χ1v) is 10.7. The Kier molecular flexibility index (Phi) is 5.64. The molecule has 8 heteroatoms. The van der Waals surface area contributed by atoms with Crippen molar-refractivity contribution in [3.05, 3.63) is 46.2 Å². The van der Waals surface area contributed by atoms with Gasteiger partial charge >= 0.3 is 5.97 Å². The van der Waals surface area contributed by atoms with Crippen LogP contribution in [-0.2, 0) is 10.0 Å². The Morgan fingerprint density at radius 2 is 2.12 bits per heavy atom. The Morgan fingerprint density at radius 1 is 1.35 bits per heavy atom. The molecule has 0 amide bonds. The van der Waals surface area contributed by atoms with Crippen molar-refractivity contribution >= 4 is 27.3 Å². The van der Waals surface area contributed by atoms with Gasteiger partial charge in [-0.15, -0.1) is 11.3 Å². The molecule has 0 spiro atoms. The number of benzene rings is 1. The lowest BCUT2D eigenvalue weighted by molar-refractivity contribution is 0.0698. The van der Waals surface area contributed by atoms with E-state index in [1.807, 2.05) is 31.2 Å². The lowest BCUT2D eigenvalue weighted by atomic mass is 10.0. The Labute approximate surface area is 157 Å². The van der Waals surface area contributed by atoms with E-state index >= 15 is 0 Å². The van der Waals surface area contributed by atoms with Crippen LogP contribution in [0.3, 0.4) is 0 Å². The standard InChI is InChI=1S/C18H21NO5S2/c1-13-5-2-3-7-15(13)24-12-14-6-4-9-19(11-14)26(22,23)16-8-10-25-17(16)18(20)21/h2-3,5,7-8,10,14H,4,6,9,11-12H2,1H3,(H,20,21). The molecule has 1 aliphatic heterocycles. The van der Waals surface area contributed by atoms with Crippen LogP contribution in [-0.4, -0.2) is 43.5 Å². The quantitative estimate of drug-likeness (QED) is 0.812. The van der Waals surface area contributed by atoms with Crippen LogP contribution in [0.1, 0.15) is 28.1 Å². The minimum absolute atomic E-state index is 0.0741. The van der Waals surface area contributed by atoms with Crippen LogP contribution in [0.4, 0.5) is 0 Å². The predicted octanol–water partition coefficient (Wildman–Crippen LogP) is 3.23. The predicted molar refractivity (Wildman–Crippen MR) is 99.4 cm³/mol. The second-order valence-electron chi connectivity index (χ2n) is 6.37. The summed E-state index contributed by atoms with van der Waals surface area (Å²) >= 11 is 0.928. The molecule has 1 saturated heterocycles. The average Bonchev–Trinajstić information content (AvgIpc) is 3.12. The van der Waals surface area contributed by atoms with Gasteiger partial charge in [-0.2, -0.15) is 4.31 Å². The third kappa shape index (κ3) is 3.92. The molecule has 1 aromatic heterocycles. The van der Waals surface area contributed by atoms with E-state index in [-0.39, 0.29) is 15.7 Å². The van der Waals surface area contributed by atoms with Crippen LogP contribution < -0.4 is 4.74 Å². The van der Waals surface area contributed by atoms with Gasteiger partial charge in [-0.05, 0) is 42.8 Å². The summed E-state index contributed by atoms with van der Waals surface area (Å²) in [6.07, 6.45) is 1.61. The van der Waals surface area contributed by atoms with Gasteiger partial charge in [0.1, 0.15) is 15.5 Å². The number of nitrogens with zero attached hydrogens (tertiary/aromatic N) is 1. The van der Waals surface area contributed by atoms with Crippen LogP contribution in [0.5, 0.6) is 5.75 Å². The molecule has 2 heterocycles. The second-order valence-corrected chi connectivity index (χ2v) is 9.19. The van der Waals surface area contributed by atoms with Gasteiger partial charge in [0.2, 0.25) is 10.0 Å². The number of para-hydroxylation sites is 1. The summed E-state index contributed by atoms with van der Waals surface area (Å²) in [6, 6.07) is 9.09. The molecule has 0 radical (unpaired) electrons. The zero-order valence-corrected chi connectivity index (χ0v) is 16.1. The normalized spacial score (nSPS) is 18.6. The van der Waals surface area contributed by atoms with Crippen molar-refractivity contribution in [2.45, 2.75) is 24.7 Å². The number of aryl methyl sites for hydroxylation is 1. The highest BCUT2D eigenvalue weighted by Gasteiger charge is 2.33. The number of piperidine rings is 1. The number of carboxylic acids is 1. The van der Waals surface area contributed by atoms with Gasteiger partial charge in [0.05, 0.1) is 6.61 Å². The molecule has 6 nitrogen and oxygen atoms in total. The number of ether oxygens (including phenoxy) is 1. The first-order valence-electron chi connectivity index (χ1n) is 8.39. The molecule has 1 atom stereocenters. The maximum atomic E-state index is 12.9. The molecule has 1 N–H and O–H groups in total.